The van der Waals surface area contributed by atoms with Crippen molar-refractivity contribution < 1.29 is 14.2 Å². The Labute approximate surface area is 182 Å². The predicted octanol–water partition coefficient (Wildman–Crippen LogP) is 5.38. The number of anilines is 2. The van der Waals surface area contributed by atoms with E-state index in [-0.39, 0.29) is 0 Å². The van der Waals surface area contributed by atoms with E-state index in [0.29, 0.717) is 17.3 Å². The third-order valence-electron chi connectivity index (χ3n) is 5.00. The molecule has 1 N–H and O–H groups in total. The van der Waals surface area contributed by atoms with Crippen molar-refractivity contribution in [2.24, 2.45) is 0 Å². The fourth-order valence-electron chi connectivity index (χ4n) is 3.43. The number of imidazole rings is 1. The largest absolute Gasteiger partial charge is 0.497 e. The lowest BCUT2D eigenvalue weighted by Crippen LogP contribution is -2.00. The number of hydrogen-bond acceptors (Lipinski definition) is 7. The first kappa shape index (κ1) is 19.2. The van der Waals surface area contributed by atoms with Crippen LogP contribution in [0.3, 0.4) is 0 Å². The van der Waals surface area contributed by atoms with Crippen LogP contribution in [0.4, 0.5) is 11.5 Å². The summed E-state index contributed by atoms with van der Waals surface area (Å²) in [5, 5.41) is 9.25. The van der Waals surface area contributed by atoms with Gasteiger partial charge in [-0.15, -0.1) is 16.4 Å². The highest BCUT2D eigenvalue weighted by Gasteiger charge is 2.12. The highest BCUT2D eigenvalue weighted by Crippen LogP contribution is 2.36. The molecule has 0 aliphatic heterocycles. The van der Waals surface area contributed by atoms with E-state index in [0.717, 1.165) is 37.7 Å². The Balaban J connectivity index is 1.51. The molecule has 0 aliphatic rings. The van der Waals surface area contributed by atoms with Crippen molar-refractivity contribution in [3.05, 3.63) is 60.8 Å². The van der Waals surface area contributed by atoms with Crippen LogP contribution < -0.4 is 19.5 Å². The number of methoxy groups -OCH3 is 3. The summed E-state index contributed by atoms with van der Waals surface area (Å²) in [5.74, 6) is 2.87. The molecule has 0 bridgehead atoms. The second-order valence-corrected chi connectivity index (χ2v) is 7.92. The average Bonchev–Trinajstić information content (AvgIpc) is 3.41. The van der Waals surface area contributed by atoms with Crippen molar-refractivity contribution in [1.82, 2.24) is 14.6 Å². The number of nitrogens with zero attached hydrogens (tertiary/aromatic N) is 3. The molecule has 0 amide bonds. The lowest BCUT2D eigenvalue weighted by molar-refractivity contribution is 0.355. The summed E-state index contributed by atoms with van der Waals surface area (Å²) in [4.78, 5) is 5.60. The molecular weight excluding hydrogens is 412 g/mol. The van der Waals surface area contributed by atoms with E-state index in [1.54, 1.807) is 32.7 Å². The van der Waals surface area contributed by atoms with Gasteiger partial charge in [0.1, 0.15) is 11.4 Å². The van der Waals surface area contributed by atoms with Crippen LogP contribution in [0.25, 0.3) is 26.3 Å². The second kappa shape index (κ2) is 7.81. The Morgan fingerprint density at radius 2 is 1.74 bits per heavy atom. The normalized spacial score (nSPS) is 11.1. The SMILES string of the molecule is COc1ccc2cc(-c3cnc4ccc(Nc5ccc(OC)c(OC)c5)nn34)sc2c1. The van der Waals surface area contributed by atoms with Gasteiger partial charge in [-0.05, 0) is 53.9 Å². The van der Waals surface area contributed by atoms with Gasteiger partial charge in [0.15, 0.2) is 23.0 Å². The van der Waals surface area contributed by atoms with Crippen molar-refractivity contribution in [1.29, 1.82) is 0 Å². The van der Waals surface area contributed by atoms with Crippen LogP contribution in [0.5, 0.6) is 17.2 Å². The summed E-state index contributed by atoms with van der Waals surface area (Å²) < 4.78 is 19.0. The smallest absolute Gasteiger partial charge is 0.162 e. The van der Waals surface area contributed by atoms with Crippen LogP contribution in [0, 0.1) is 0 Å². The number of thiophene rings is 1. The molecule has 0 aliphatic carbocycles. The summed E-state index contributed by atoms with van der Waals surface area (Å²) in [5.41, 5.74) is 2.56. The van der Waals surface area contributed by atoms with Gasteiger partial charge in [-0.1, -0.05) is 0 Å². The summed E-state index contributed by atoms with van der Waals surface area (Å²) in [7, 11) is 4.91. The van der Waals surface area contributed by atoms with Gasteiger partial charge in [-0.3, -0.25) is 0 Å². The molecule has 2 aromatic carbocycles. The van der Waals surface area contributed by atoms with Crippen molar-refractivity contribution >= 4 is 38.6 Å². The van der Waals surface area contributed by atoms with Gasteiger partial charge in [0.05, 0.1) is 32.4 Å². The number of hydrogen-bond donors (Lipinski definition) is 1. The van der Waals surface area contributed by atoms with Crippen molar-refractivity contribution in [2.45, 2.75) is 0 Å². The Morgan fingerprint density at radius 1 is 0.871 bits per heavy atom. The number of fused-ring (bicyclic) bond motifs is 2. The molecule has 0 spiro atoms. The number of rotatable bonds is 6. The second-order valence-electron chi connectivity index (χ2n) is 6.84. The fourth-order valence-corrected chi connectivity index (χ4v) is 4.52. The quantitative estimate of drug-likeness (QED) is 0.388. The van der Waals surface area contributed by atoms with Gasteiger partial charge in [0, 0.05) is 16.5 Å². The highest BCUT2D eigenvalue weighted by molar-refractivity contribution is 7.22. The molecule has 0 saturated heterocycles. The van der Waals surface area contributed by atoms with Crippen LogP contribution in [0.15, 0.2) is 60.8 Å². The first-order valence-electron chi connectivity index (χ1n) is 9.60. The first-order chi connectivity index (χ1) is 15.2. The minimum absolute atomic E-state index is 0.651. The zero-order chi connectivity index (χ0) is 21.4. The van der Waals surface area contributed by atoms with E-state index >= 15 is 0 Å². The van der Waals surface area contributed by atoms with Gasteiger partial charge in [0.25, 0.3) is 0 Å². The monoisotopic (exact) mass is 432 g/mol. The first-order valence-corrected chi connectivity index (χ1v) is 10.4. The topological polar surface area (TPSA) is 69.9 Å². The summed E-state index contributed by atoms with van der Waals surface area (Å²) in [6.07, 6.45) is 1.85. The lowest BCUT2D eigenvalue weighted by atomic mass is 10.2. The summed E-state index contributed by atoms with van der Waals surface area (Å²) >= 11 is 1.69. The minimum Gasteiger partial charge on any atom is -0.497 e. The van der Waals surface area contributed by atoms with Gasteiger partial charge in [-0.25, -0.2) is 9.50 Å². The maximum Gasteiger partial charge on any atom is 0.162 e. The maximum absolute atomic E-state index is 5.39. The van der Waals surface area contributed by atoms with Crippen LogP contribution in [-0.2, 0) is 0 Å². The molecule has 0 radical (unpaired) electrons. The number of nitrogens with one attached hydrogen (secondary N) is 1. The molecule has 0 fully saturated rings. The minimum atomic E-state index is 0.651. The molecule has 8 heteroatoms. The number of ether oxygens (including phenoxy) is 3. The van der Waals surface area contributed by atoms with Gasteiger partial charge < -0.3 is 19.5 Å². The van der Waals surface area contributed by atoms with Crippen LogP contribution >= 0.6 is 11.3 Å². The van der Waals surface area contributed by atoms with Gasteiger partial charge in [-0.2, -0.15) is 0 Å². The molecule has 3 aromatic heterocycles. The Kier molecular flexibility index (Phi) is 4.83. The van der Waals surface area contributed by atoms with E-state index in [2.05, 4.69) is 22.4 Å². The zero-order valence-electron chi connectivity index (χ0n) is 17.2. The lowest BCUT2D eigenvalue weighted by Gasteiger charge is -2.11. The van der Waals surface area contributed by atoms with Gasteiger partial charge in [0.2, 0.25) is 0 Å². The van der Waals surface area contributed by atoms with E-state index in [4.69, 9.17) is 19.3 Å². The van der Waals surface area contributed by atoms with Gasteiger partial charge >= 0.3 is 0 Å². The summed E-state index contributed by atoms with van der Waals surface area (Å²) in [6, 6.07) is 17.7. The summed E-state index contributed by atoms with van der Waals surface area (Å²) in [6.45, 7) is 0. The van der Waals surface area contributed by atoms with Crippen LogP contribution in [-0.4, -0.2) is 35.9 Å². The van der Waals surface area contributed by atoms with E-state index < -0.39 is 0 Å². The van der Waals surface area contributed by atoms with E-state index in [1.165, 1.54) is 0 Å². The van der Waals surface area contributed by atoms with Crippen molar-refractivity contribution in [3.63, 3.8) is 0 Å². The van der Waals surface area contributed by atoms with Crippen molar-refractivity contribution in [3.8, 4) is 27.8 Å². The molecular formula is C23H20N4O3S. The molecule has 3 heterocycles. The molecule has 7 nitrogen and oxygen atoms in total. The highest BCUT2D eigenvalue weighted by atomic mass is 32.1. The Hall–Kier alpha value is -3.78. The molecule has 156 valence electrons. The third-order valence-corrected chi connectivity index (χ3v) is 6.12. The predicted molar refractivity (Wildman–Crippen MR) is 123 cm³/mol. The molecule has 0 unspecified atom stereocenters. The zero-order valence-corrected chi connectivity index (χ0v) is 18.1. The Bertz CT molecular complexity index is 1390. The number of aromatic nitrogens is 3. The molecule has 0 saturated carbocycles. The third kappa shape index (κ3) is 3.51. The van der Waals surface area contributed by atoms with E-state index in [9.17, 15) is 0 Å². The average molecular weight is 433 g/mol. The fraction of sp³-hybridized carbons (Fsp3) is 0.130. The molecule has 0 atom stereocenters. The van der Waals surface area contributed by atoms with Crippen LogP contribution in [0.2, 0.25) is 0 Å². The number of benzene rings is 2. The molecule has 5 rings (SSSR count). The molecule has 31 heavy (non-hydrogen) atoms. The molecule has 5 aromatic rings. The van der Waals surface area contributed by atoms with E-state index in [1.807, 2.05) is 53.2 Å². The maximum atomic E-state index is 5.39. The standard InChI is InChI=1S/C23H20N4O3S/c1-28-16-6-4-14-10-21(31-20(14)12-16)17-13-24-23-9-8-22(26-27(17)23)25-15-5-7-18(29-2)19(11-15)30-3/h4-13H,1-3H3,(H,25,26). The van der Waals surface area contributed by atoms with Crippen molar-refractivity contribution in [2.75, 3.05) is 26.6 Å². The Morgan fingerprint density at radius 3 is 2.55 bits per heavy atom. The van der Waals surface area contributed by atoms with Crippen LogP contribution in [0.1, 0.15) is 0 Å².